The van der Waals surface area contributed by atoms with E-state index in [1.807, 2.05) is 6.92 Å². The number of halogens is 2. The number of carbonyl (C=O) groups is 2. The zero-order valence-electron chi connectivity index (χ0n) is 15.5. The molecule has 0 fully saturated rings. The van der Waals surface area contributed by atoms with E-state index in [1.165, 1.54) is 11.0 Å². The van der Waals surface area contributed by atoms with Crippen molar-refractivity contribution in [3.8, 4) is 0 Å². The van der Waals surface area contributed by atoms with Gasteiger partial charge in [-0.3, -0.25) is 9.59 Å². The van der Waals surface area contributed by atoms with Gasteiger partial charge in [0.25, 0.3) is 0 Å². The first-order valence-corrected chi connectivity index (χ1v) is 9.35. The van der Waals surface area contributed by atoms with Gasteiger partial charge in [-0.2, -0.15) is 0 Å². The van der Waals surface area contributed by atoms with E-state index >= 15 is 0 Å². The van der Waals surface area contributed by atoms with Crippen LogP contribution in [0.1, 0.15) is 31.4 Å². The summed E-state index contributed by atoms with van der Waals surface area (Å²) in [5.41, 5.74) is 1.15. The second-order valence-electron chi connectivity index (χ2n) is 6.38. The Balaban J connectivity index is 2.21. The molecule has 4 nitrogen and oxygen atoms in total. The maximum atomic E-state index is 14.1. The summed E-state index contributed by atoms with van der Waals surface area (Å²) in [6.07, 6.45) is 0.904. The molecule has 0 bridgehead atoms. The third-order valence-corrected chi connectivity index (χ3v) is 4.54. The highest BCUT2D eigenvalue weighted by molar-refractivity contribution is 6.30. The Hall–Kier alpha value is -2.40. The Kier molecular flexibility index (Phi) is 7.80. The van der Waals surface area contributed by atoms with Crippen LogP contribution in [-0.4, -0.2) is 29.3 Å². The number of benzene rings is 2. The average Bonchev–Trinajstić information content (AvgIpc) is 2.66. The van der Waals surface area contributed by atoms with Crippen molar-refractivity contribution < 1.29 is 14.0 Å². The number of nitrogens with one attached hydrogen (secondary N) is 1. The minimum atomic E-state index is -0.712. The van der Waals surface area contributed by atoms with Crippen molar-refractivity contribution >= 4 is 23.4 Å². The van der Waals surface area contributed by atoms with Crippen LogP contribution in [-0.2, 0) is 22.6 Å². The Morgan fingerprint density at radius 1 is 1.15 bits per heavy atom. The highest BCUT2D eigenvalue weighted by Crippen LogP contribution is 2.16. The second-order valence-corrected chi connectivity index (χ2v) is 6.82. The molecule has 6 heteroatoms. The summed E-state index contributed by atoms with van der Waals surface area (Å²) in [4.78, 5) is 26.7. The van der Waals surface area contributed by atoms with Crippen LogP contribution < -0.4 is 5.32 Å². The molecule has 2 rings (SSSR count). The lowest BCUT2D eigenvalue weighted by molar-refractivity contribution is -0.140. The van der Waals surface area contributed by atoms with E-state index in [-0.39, 0.29) is 24.8 Å². The molecule has 1 N–H and O–H groups in total. The molecule has 2 aromatic rings. The van der Waals surface area contributed by atoms with Gasteiger partial charge in [0.2, 0.25) is 11.8 Å². The van der Waals surface area contributed by atoms with Gasteiger partial charge in [0.1, 0.15) is 11.9 Å². The molecule has 0 spiro atoms. The second kappa shape index (κ2) is 10.1. The Morgan fingerprint density at radius 3 is 2.44 bits per heavy atom. The molecule has 2 amide bonds. The van der Waals surface area contributed by atoms with Gasteiger partial charge in [0.05, 0.1) is 6.42 Å². The zero-order chi connectivity index (χ0) is 19.8. The number of rotatable bonds is 8. The fourth-order valence-corrected chi connectivity index (χ4v) is 2.79. The molecule has 0 aliphatic carbocycles. The van der Waals surface area contributed by atoms with E-state index in [9.17, 15) is 14.0 Å². The van der Waals surface area contributed by atoms with E-state index in [2.05, 4.69) is 5.32 Å². The molecule has 27 heavy (non-hydrogen) atoms. The van der Waals surface area contributed by atoms with Crippen LogP contribution in [0.15, 0.2) is 48.5 Å². The fourth-order valence-electron chi connectivity index (χ4n) is 2.67. The SMILES string of the molecule is CCCNC(=O)C(C)N(Cc1ccccc1F)C(=O)Cc1ccc(Cl)cc1. The number of nitrogens with zero attached hydrogens (tertiary/aromatic N) is 1. The van der Waals surface area contributed by atoms with Gasteiger partial charge in [0.15, 0.2) is 0 Å². The molecule has 1 unspecified atom stereocenters. The van der Waals surface area contributed by atoms with Crippen LogP contribution in [0.3, 0.4) is 0 Å². The summed E-state index contributed by atoms with van der Waals surface area (Å²) in [7, 11) is 0. The molecule has 0 aromatic heterocycles. The summed E-state index contributed by atoms with van der Waals surface area (Å²) in [6.45, 7) is 4.17. The van der Waals surface area contributed by atoms with Gasteiger partial charge in [-0.1, -0.05) is 48.9 Å². The Labute approximate surface area is 164 Å². The summed E-state index contributed by atoms with van der Waals surface area (Å²) < 4.78 is 14.1. The third kappa shape index (κ3) is 6.07. The monoisotopic (exact) mass is 390 g/mol. The molecular weight excluding hydrogens is 367 g/mol. The third-order valence-electron chi connectivity index (χ3n) is 4.28. The van der Waals surface area contributed by atoms with Gasteiger partial charge in [0, 0.05) is 23.7 Å². The highest BCUT2D eigenvalue weighted by atomic mass is 35.5. The molecule has 0 aliphatic rings. The molecule has 0 saturated carbocycles. The number of hydrogen-bond acceptors (Lipinski definition) is 2. The van der Waals surface area contributed by atoms with Crippen LogP contribution >= 0.6 is 11.6 Å². The van der Waals surface area contributed by atoms with Crippen LogP contribution in [0.25, 0.3) is 0 Å². The van der Waals surface area contributed by atoms with Gasteiger partial charge in [-0.05, 0) is 37.1 Å². The fraction of sp³-hybridized carbons (Fsp3) is 0.333. The quantitative estimate of drug-likeness (QED) is 0.741. The minimum Gasteiger partial charge on any atom is -0.354 e. The van der Waals surface area contributed by atoms with E-state index in [0.717, 1.165) is 12.0 Å². The molecule has 2 aromatic carbocycles. The maximum Gasteiger partial charge on any atom is 0.242 e. The van der Waals surface area contributed by atoms with Crippen molar-refractivity contribution in [2.24, 2.45) is 0 Å². The summed E-state index contributed by atoms with van der Waals surface area (Å²) in [5.74, 6) is -0.902. The molecule has 1 atom stereocenters. The van der Waals surface area contributed by atoms with Crippen molar-refractivity contribution in [1.82, 2.24) is 10.2 Å². The Bertz CT molecular complexity index is 780. The van der Waals surface area contributed by atoms with Crippen LogP contribution in [0.4, 0.5) is 4.39 Å². The van der Waals surface area contributed by atoms with Crippen molar-refractivity contribution in [2.45, 2.75) is 39.3 Å². The summed E-state index contributed by atoms with van der Waals surface area (Å²) in [6, 6.07) is 12.5. The first-order chi connectivity index (χ1) is 12.9. The van der Waals surface area contributed by atoms with Crippen molar-refractivity contribution in [1.29, 1.82) is 0 Å². The maximum absolute atomic E-state index is 14.1. The molecule has 144 valence electrons. The summed E-state index contributed by atoms with van der Waals surface area (Å²) >= 11 is 5.89. The number of carbonyl (C=O) groups excluding carboxylic acids is 2. The molecule has 0 aliphatic heterocycles. The first kappa shape index (κ1) is 20.9. The predicted octanol–water partition coefficient (Wildman–Crippen LogP) is 3.97. The average molecular weight is 391 g/mol. The van der Waals surface area contributed by atoms with E-state index in [4.69, 9.17) is 11.6 Å². The molecule has 0 radical (unpaired) electrons. The van der Waals surface area contributed by atoms with Crippen LogP contribution in [0.2, 0.25) is 5.02 Å². The van der Waals surface area contributed by atoms with Crippen molar-refractivity contribution in [3.63, 3.8) is 0 Å². The van der Waals surface area contributed by atoms with Gasteiger partial charge in [-0.15, -0.1) is 0 Å². The van der Waals surface area contributed by atoms with E-state index in [1.54, 1.807) is 49.4 Å². The van der Waals surface area contributed by atoms with Gasteiger partial charge in [-0.25, -0.2) is 4.39 Å². The molecular formula is C21H24ClFN2O2. The standard InChI is InChI=1S/C21H24ClFN2O2/c1-3-12-24-21(27)15(2)25(14-17-6-4-5-7-19(17)23)20(26)13-16-8-10-18(22)11-9-16/h4-11,15H,3,12-14H2,1-2H3,(H,24,27). The van der Waals surface area contributed by atoms with Crippen LogP contribution in [0, 0.1) is 5.82 Å². The minimum absolute atomic E-state index is 0.0276. The normalized spacial score (nSPS) is 11.7. The molecule has 0 saturated heterocycles. The van der Waals surface area contributed by atoms with Crippen molar-refractivity contribution in [3.05, 3.63) is 70.5 Å². The Morgan fingerprint density at radius 2 is 1.81 bits per heavy atom. The number of hydrogen-bond donors (Lipinski definition) is 1. The number of amides is 2. The largest absolute Gasteiger partial charge is 0.354 e. The predicted molar refractivity (Wildman–Crippen MR) is 105 cm³/mol. The zero-order valence-corrected chi connectivity index (χ0v) is 16.3. The smallest absolute Gasteiger partial charge is 0.242 e. The highest BCUT2D eigenvalue weighted by Gasteiger charge is 2.26. The lowest BCUT2D eigenvalue weighted by Gasteiger charge is -2.29. The van der Waals surface area contributed by atoms with E-state index < -0.39 is 11.9 Å². The lowest BCUT2D eigenvalue weighted by Crippen LogP contribution is -2.48. The lowest BCUT2D eigenvalue weighted by atomic mass is 10.1. The van der Waals surface area contributed by atoms with Crippen molar-refractivity contribution in [2.75, 3.05) is 6.54 Å². The van der Waals surface area contributed by atoms with Gasteiger partial charge < -0.3 is 10.2 Å². The first-order valence-electron chi connectivity index (χ1n) is 8.97. The molecule has 0 heterocycles. The topological polar surface area (TPSA) is 49.4 Å². The summed E-state index contributed by atoms with van der Waals surface area (Å²) in [5, 5.41) is 3.38. The van der Waals surface area contributed by atoms with Gasteiger partial charge >= 0.3 is 0 Å². The van der Waals surface area contributed by atoms with Crippen LogP contribution in [0.5, 0.6) is 0 Å². The van der Waals surface area contributed by atoms with E-state index in [0.29, 0.717) is 17.1 Å².